The summed E-state index contributed by atoms with van der Waals surface area (Å²) in [4.78, 5) is 15.7. The zero-order valence-corrected chi connectivity index (χ0v) is 14.8. The van der Waals surface area contributed by atoms with Crippen molar-refractivity contribution in [3.63, 3.8) is 0 Å². The Morgan fingerprint density at radius 3 is 2.68 bits per heavy atom. The van der Waals surface area contributed by atoms with Crippen LogP contribution < -0.4 is 15.3 Å². The van der Waals surface area contributed by atoms with Gasteiger partial charge in [0.1, 0.15) is 5.82 Å². The topological polar surface area (TPSA) is 83.9 Å². The lowest BCUT2D eigenvalue weighted by atomic mass is 10.1. The molecule has 10 heteroatoms. The average Bonchev–Trinajstić information content (AvgIpc) is 3.10. The SMILES string of the molecule is CC(Cc1ccccc1)[n+]1cc(NC(=O)Nc2cc(C(F)(F)F)ccn2)on1. The largest absolute Gasteiger partial charge is 0.416 e. The van der Waals surface area contributed by atoms with E-state index in [0.717, 1.165) is 23.9 Å². The second-order valence-electron chi connectivity index (χ2n) is 6.09. The number of pyridine rings is 1. The van der Waals surface area contributed by atoms with E-state index in [-0.39, 0.29) is 17.7 Å². The lowest BCUT2D eigenvalue weighted by Crippen LogP contribution is -2.40. The quantitative estimate of drug-likeness (QED) is 0.647. The highest BCUT2D eigenvalue weighted by atomic mass is 19.4. The van der Waals surface area contributed by atoms with Gasteiger partial charge >= 0.3 is 18.1 Å². The molecule has 0 bridgehead atoms. The number of carbonyl (C=O) groups is 1. The zero-order valence-electron chi connectivity index (χ0n) is 14.8. The van der Waals surface area contributed by atoms with Gasteiger partial charge in [-0.3, -0.25) is 15.2 Å². The monoisotopic (exact) mass is 392 g/mol. The highest BCUT2D eigenvalue weighted by molar-refractivity contribution is 5.98. The Morgan fingerprint density at radius 2 is 1.96 bits per heavy atom. The maximum absolute atomic E-state index is 12.7. The van der Waals surface area contributed by atoms with Gasteiger partial charge in [0.2, 0.25) is 5.27 Å². The van der Waals surface area contributed by atoms with E-state index in [4.69, 9.17) is 4.52 Å². The van der Waals surface area contributed by atoms with Crippen LogP contribution >= 0.6 is 0 Å². The Labute approximate surface area is 158 Å². The number of anilines is 2. The summed E-state index contributed by atoms with van der Waals surface area (Å²) in [6.07, 6.45) is -1.36. The summed E-state index contributed by atoms with van der Waals surface area (Å²) in [6, 6.07) is 10.5. The van der Waals surface area contributed by atoms with Gasteiger partial charge < -0.3 is 0 Å². The molecular weight excluding hydrogens is 375 g/mol. The molecule has 28 heavy (non-hydrogen) atoms. The fourth-order valence-corrected chi connectivity index (χ4v) is 2.50. The first-order valence-electron chi connectivity index (χ1n) is 8.34. The molecule has 3 rings (SSSR count). The number of rotatable bonds is 5. The van der Waals surface area contributed by atoms with Crippen molar-refractivity contribution in [3.05, 3.63) is 66.0 Å². The fraction of sp³-hybridized carbons (Fsp3) is 0.222. The van der Waals surface area contributed by atoms with Crippen LogP contribution in [-0.4, -0.2) is 16.3 Å². The number of alkyl halides is 3. The average molecular weight is 392 g/mol. The standard InChI is InChI=1S/C18H16F3N5O2/c1-12(9-13-5-3-2-4-6-13)26-11-16(28-25-26)24-17(27)23-15-10-14(7-8-22-15)18(19,20)21/h2-8,10-12H,9H2,1H3,(H-,22,23,24,25,27)/p+1. The molecule has 1 aromatic carbocycles. The van der Waals surface area contributed by atoms with Gasteiger partial charge in [0.15, 0.2) is 6.04 Å². The third kappa shape index (κ3) is 5.06. The van der Waals surface area contributed by atoms with Crippen LogP contribution in [0, 0.1) is 0 Å². The summed E-state index contributed by atoms with van der Waals surface area (Å²) in [5, 5.41) is 8.44. The molecular formula is C18H17F3N5O2+. The van der Waals surface area contributed by atoms with Gasteiger partial charge in [0.25, 0.3) is 6.20 Å². The molecule has 1 atom stereocenters. The van der Waals surface area contributed by atoms with E-state index in [1.165, 1.54) is 6.20 Å². The molecule has 2 amide bonds. The summed E-state index contributed by atoms with van der Waals surface area (Å²) in [7, 11) is 0. The van der Waals surface area contributed by atoms with Gasteiger partial charge in [-0.05, 0) is 22.4 Å². The highest BCUT2D eigenvalue weighted by Gasteiger charge is 2.31. The number of halogens is 3. The van der Waals surface area contributed by atoms with Crippen LogP contribution in [0.2, 0.25) is 0 Å². The molecule has 2 N–H and O–H groups in total. The van der Waals surface area contributed by atoms with E-state index in [1.807, 2.05) is 37.3 Å². The predicted molar refractivity (Wildman–Crippen MR) is 93.4 cm³/mol. The normalized spacial score (nSPS) is 12.4. The number of aromatic nitrogens is 3. The number of nitrogens with zero attached hydrogens (tertiary/aromatic N) is 3. The van der Waals surface area contributed by atoms with Crippen LogP contribution in [0.3, 0.4) is 0 Å². The van der Waals surface area contributed by atoms with Crippen molar-refractivity contribution in [1.29, 1.82) is 0 Å². The Hall–Kier alpha value is -3.43. The van der Waals surface area contributed by atoms with Crippen molar-refractivity contribution in [3.8, 4) is 0 Å². The minimum atomic E-state index is -4.53. The second-order valence-corrected chi connectivity index (χ2v) is 6.09. The van der Waals surface area contributed by atoms with E-state index in [0.29, 0.717) is 6.42 Å². The number of urea groups is 1. The molecule has 1 unspecified atom stereocenters. The van der Waals surface area contributed by atoms with Gasteiger partial charge in [0, 0.05) is 19.5 Å². The number of hydrogen-bond donors (Lipinski definition) is 2. The smallest absolute Gasteiger partial charge is 0.292 e. The molecule has 0 aliphatic carbocycles. The molecule has 0 fully saturated rings. The van der Waals surface area contributed by atoms with E-state index < -0.39 is 17.8 Å². The lowest BCUT2D eigenvalue weighted by molar-refractivity contribution is -0.782. The third-order valence-electron chi connectivity index (χ3n) is 3.87. The maximum atomic E-state index is 12.7. The fourth-order valence-electron chi connectivity index (χ4n) is 2.50. The van der Waals surface area contributed by atoms with Crippen molar-refractivity contribution in [1.82, 2.24) is 10.3 Å². The van der Waals surface area contributed by atoms with Crippen LogP contribution in [0.15, 0.2) is 59.4 Å². The van der Waals surface area contributed by atoms with Crippen molar-refractivity contribution in [2.75, 3.05) is 10.6 Å². The summed E-state index contributed by atoms with van der Waals surface area (Å²) < 4.78 is 44.7. The van der Waals surface area contributed by atoms with Crippen molar-refractivity contribution in [2.45, 2.75) is 25.6 Å². The molecule has 0 aliphatic heterocycles. The summed E-state index contributed by atoms with van der Waals surface area (Å²) in [5.74, 6) is -0.193. The first-order chi connectivity index (χ1) is 13.3. The minimum Gasteiger partial charge on any atom is -0.292 e. The number of hydrogen-bond acceptors (Lipinski definition) is 4. The van der Waals surface area contributed by atoms with Crippen molar-refractivity contribution < 1.29 is 27.2 Å². The highest BCUT2D eigenvalue weighted by Crippen LogP contribution is 2.29. The summed E-state index contributed by atoms with van der Waals surface area (Å²) in [5.41, 5.74) is 0.207. The minimum absolute atomic E-state index is 0.0325. The van der Waals surface area contributed by atoms with Crippen molar-refractivity contribution in [2.24, 2.45) is 0 Å². The van der Waals surface area contributed by atoms with Crippen LogP contribution in [0.4, 0.5) is 29.7 Å². The van der Waals surface area contributed by atoms with E-state index in [9.17, 15) is 18.0 Å². The summed E-state index contributed by atoms with van der Waals surface area (Å²) >= 11 is 0. The molecule has 2 heterocycles. The predicted octanol–water partition coefficient (Wildman–Crippen LogP) is 3.82. The maximum Gasteiger partial charge on any atom is 0.416 e. The van der Waals surface area contributed by atoms with Gasteiger partial charge in [-0.15, -0.1) is 0 Å². The summed E-state index contributed by atoms with van der Waals surface area (Å²) in [6.45, 7) is 1.94. The second kappa shape index (κ2) is 8.07. The lowest BCUT2D eigenvalue weighted by Gasteiger charge is -2.08. The number of carbonyl (C=O) groups excluding carboxylic acids is 1. The number of nitrogens with one attached hydrogen (secondary N) is 2. The molecule has 146 valence electrons. The van der Waals surface area contributed by atoms with Crippen LogP contribution in [0.1, 0.15) is 24.1 Å². The number of benzene rings is 1. The van der Waals surface area contributed by atoms with Gasteiger partial charge in [0.05, 0.1) is 5.56 Å². The van der Waals surface area contributed by atoms with Crippen molar-refractivity contribution >= 4 is 17.7 Å². The Kier molecular flexibility index (Phi) is 5.57. The Morgan fingerprint density at radius 1 is 1.21 bits per heavy atom. The van der Waals surface area contributed by atoms with Gasteiger partial charge in [-0.2, -0.15) is 13.2 Å². The van der Waals surface area contributed by atoms with E-state index in [2.05, 4.69) is 20.9 Å². The number of amides is 2. The molecule has 3 aromatic rings. The van der Waals surface area contributed by atoms with E-state index in [1.54, 1.807) is 4.68 Å². The molecule has 0 saturated carbocycles. The van der Waals surface area contributed by atoms with Crippen LogP contribution in [0.25, 0.3) is 0 Å². The van der Waals surface area contributed by atoms with Crippen LogP contribution in [-0.2, 0) is 12.6 Å². The third-order valence-corrected chi connectivity index (χ3v) is 3.87. The Balaban J connectivity index is 1.59. The molecule has 0 radical (unpaired) electrons. The first-order valence-corrected chi connectivity index (χ1v) is 8.34. The molecule has 0 saturated heterocycles. The zero-order chi connectivity index (χ0) is 20.1. The van der Waals surface area contributed by atoms with Gasteiger partial charge in [-0.25, -0.2) is 9.78 Å². The molecule has 7 nitrogen and oxygen atoms in total. The molecule has 0 aliphatic rings. The van der Waals surface area contributed by atoms with Crippen LogP contribution in [0.5, 0.6) is 0 Å². The van der Waals surface area contributed by atoms with Gasteiger partial charge in [-0.1, -0.05) is 30.3 Å². The Bertz CT molecular complexity index is 944. The first kappa shape index (κ1) is 19.3. The van der Waals surface area contributed by atoms with E-state index >= 15 is 0 Å². The molecule has 0 spiro atoms. The molecule has 2 aromatic heterocycles.